The molecular formula is C26H34F4N4O4. The largest absolute Gasteiger partial charge is 0.460 e. The van der Waals surface area contributed by atoms with Crippen LogP contribution in [0.4, 0.5) is 17.6 Å². The Kier molecular flexibility index (Phi) is 8.17. The molecule has 210 valence electrons. The molecule has 3 aliphatic heterocycles. The van der Waals surface area contributed by atoms with Crippen LogP contribution in [-0.4, -0.2) is 78.9 Å². The van der Waals surface area contributed by atoms with Crippen molar-refractivity contribution in [2.24, 2.45) is 11.3 Å². The lowest BCUT2D eigenvalue weighted by Gasteiger charge is -2.38. The van der Waals surface area contributed by atoms with Crippen molar-refractivity contribution >= 4 is 11.9 Å². The Morgan fingerprint density at radius 1 is 1.18 bits per heavy atom. The Morgan fingerprint density at radius 3 is 2.50 bits per heavy atom. The van der Waals surface area contributed by atoms with Gasteiger partial charge in [0.2, 0.25) is 0 Å². The molecule has 0 bridgehead atoms. The maximum absolute atomic E-state index is 14.6. The van der Waals surface area contributed by atoms with Crippen LogP contribution in [0, 0.1) is 17.2 Å². The van der Waals surface area contributed by atoms with E-state index in [1.165, 1.54) is 29.3 Å². The first-order valence-electron chi connectivity index (χ1n) is 12.7. The lowest BCUT2D eigenvalue weighted by Crippen LogP contribution is -2.50. The van der Waals surface area contributed by atoms with Crippen molar-refractivity contribution in [2.45, 2.75) is 58.6 Å². The number of alkyl halides is 3. The fourth-order valence-electron chi connectivity index (χ4n) is 5.44. The number of halogens is 4. The minimum absolute atomic E-state index is 0.0856. The molecule has 2 N–H and O–H groups in total. The second-order valence-electron chi connectivity index (χ2n) is 11.0. The van der Waals surface area contributed by atoms with Gasteiger partial charge in [-0.2, -0.15) is 13.2 Å². The van der Waals surface area contributed by atoms with Crippen LogP contribution in [0.25, 0.3) is 0 Å². The van der Waals surface area contributed by atoms with E-state index in [4.69, 9.17) is 9.47 Å². The Hall–Kier alpha value is -2.54. The molecule has 2 saturated heterocycles. The number of fused-ring (bicyclic) bond motifs is 1. The summed E-state index contributed by atoms with van der Waals surface area (Å²) in [6, 6.07) is 1.02. The molecule has 0 aromatic heterocycles. The number of ether oxygens (including phenoxy) is 2. The van der Waals surface area contributed by atoms with E-state index in [1.807, 2.05) is 4.90 Å². The molecule has 2 fully saturated rings. The van der Waals surface area contributed by atoms with E-state index in [9.17, 15) is 27.2 Å². The molecule has 38 heavy (non-hydrogen) atoms. The summed E-state index contributed by atoms with van der Waals surface area (Å²) < 4.78 is 67.2. The van der Waals surface area contributed by atoms with Gasteiger partial charge in [-0.05, 0) is 37.5 Å². The number of nitrogens with zero attached hydrogens (tertiary/aromatic N) is 2. The van der Waals surface area contributed by atoms with E-state index in [1.54, 1.807) is 27.7 Å². The summed E-state index contributed by atoms with van der Waals surface area (Å²) in [6.45, 7) is 9.06. The molecule has 3 aliphatic rings. The summed E-state index contributed by atoms with van der Waals surface area (Å²) in [4.78, 5) is 30.0. The van der Waals surface area contributed by atoms with Crippen LogP contribution in [0.3, 0.4) is 0 Å². The Bertz CT molecular complexity index is 1090. The van der Waals surface area contributed by atoms with E-state index in [2.05, 4.69) is 10.9 Å². The van der Waals surface area contributed by atoms with Gasteiger partial charge in [0.05, 0.1) is 30.9 Å². The molecule has 8 nitrogen and oxygen atoms in total. The molecule has 3 heterocycles. The maximum atomic E-state index is 14.6. The smallest absolute Gasteiger partial charge is 0.405 e. The van der Waals surface area contributed by atoms with Crippen LogP contribution < -0.4 is 10.9 Å². The Morgan fingerprint density at radius 2 is 1.87 bits per heavy atom. The van der Waals surface area contributed by atoms with E-state index in [0.717, 1.165) is 0 Å². The van der Waals surface area contributed by atoms with E-state index in [-0.39, 0.29) is 24.2 Å². The Labute approximate surface area is 219 Å². The molecule has 0 spiro atoms. The lowest BCUT2D eigenvalue weighted by molar-refractivity contribution is -0.170. The van der Waals surface area contributed by atoms with E-state index in [0.29, 0.717) is 31.9 Å². The molecule has 0 radical (unpaired) electrons. The van der Waals surface area contributed by atoms with Gasteiger partial charge in [0.1, 0.15) is 11.9 Å². The van der Waals surface area contributed by atoms with Crippen molar-refractivity contribution in [3.63, 3.8) is 0 Å². The highest BCUT2D eigenvalue weighted by molar-refractivity contribution is 5.97. The second kappa shape index (κ2) is 10.9. The van der Waals surface area contributed by atoms with Crippen molar-refractivity contribution in [1.29, 1.82) is 0 Å². The fraction of sp³-hybridized carbons (Fsp3) is 0.615. The highest BCUT2D eigenvalue weighted by atomic mass is 19.4. The number of nitrogens with one attached hydrogen (secondary N) is 2. The minimum Gasteiger partial charge on any atom is -0.460 e. The SMILES string of the molecule is CC(C)OC(=O)C1=CN(C(=O)c2ccc(F)c(CN3CCOCC3)c2)CC(C)(C)C2C1NNC2C(F)(F)F. The van der Waals surface area contributed by atoms with Crippen molar-refractivity contribution in [1.82, 2.24) is 20.7 Å². The number of hydrogen-bond donors (Lipinski definition) is 2. The summed E-state index contributed by atoms with van der Waals surface area (Å²) in [5.74, 6) is -2.93. The van der Waals surface area contributed by atoms with Gasteiger partial charge in [-0.1, -0.05) is 13.8 Å². The first kappa shape index (κ1) is 28.5. The number of benzene rings is 1. The van der Waals surface area contributed by atoms with Crippen molar-refractivity contribution in [2.75, 3.05) is 32.8 Å². The third kappa shape index (κ3) is 6.03. The number of hydrazine groups is 1. The number of amides is 1. The average Bonchev–Trinajstić information content (AvgIpc) is 3.25. The number of esters is 1. The highest BCUT2D eigenvalue weighted by Crippen LogP contribution is 2.45. The molecule has 4 rings (SSSR count). The van der Waals surface area contributed by atoms with Crippen molar-refractivity contribution < 1.29 is 36.6 Å². The average molecular weight is 543 g/mol. The van der Waals surface area contributed by atoms with Crippen LogP contribution in [0.5, 0.6) is 0 Å². The van der Waals surface area contributed by atoms with Gasteiger partial charge in [0.25, 0.3) is 5.91 Å². The molecule has 1 aromatic rings. The van der Waals surface area contributed by atoms with Gasteiger partial charge in [-0.25, -0.2) is 20.0 Å². The van der Waals surface area contributed by atoms with Gasteiger partial charge in [-0.15, -0.1) is 0 Å². The quantitative estimate of drug-likeness (QED) is 0.437. The fourth-order valence-corrected chi connectivity index (χ4v) is 5.44. The third-order valence-corrected chi connectivity index (χ3v) is 7.21. The number of morpholine rings is 1. The Balaban J connectivity index is 1.69. The molecule has 1 amide bonds. The van der Waals surface area contributed by atoms with Gasteiger partial charge in [0, 0.05) is 49.4 Å². The van der Waals surface area contributed by atoms with Crippen LogP contribution in [-0.2, 0) is 20.8 Å². The van der Waals surface area contributed by atoms with Crippen LogP contribution in [0.15, 0.2) is 30.0 Å². The maximum Gasteiger partial charge on any atom is 0.405 e. The first-order valence-corrected chi connectivity index (χ1v) is 12.7. The summed E-state index contributed by atoms with van der Waals surface area (Å²) in [7, 11) is 0. The molecule has 3 atom stereocenters. The van der Waals surface area contributed by atoms with Crippen molar-refractivity contribution in [3.8, 4) is 0 Å². The number of rotatable bonds is 5. The predicted molar refractivity (Wildman–Crippen MR) is 130 cm³/mol. The minimum atomic E-state index is -4.60. The predicted octanol–water partition coefficient (Wildman–Crippen LogP) is 3.00. The summed E-state index contributed by atoms with van der Waals surface area (Å²) in [5.41, 5.74) is 4.27. The van der Waals surface area contributed by atoms with E-state index < -0.39 is 53.4 Å². The standard InChI is InChI=1S/C26H34F4N4O4/c1-15(2)38-24(36)18-13-34(14-25(3,4)20-21(18)31-32-22(20)26(28,29)30)23(35)16-5-6-19(27)17(11-16)12-33-7-9-37-10-8-33/h5-6,11,13,15,20-22,31-32H,7-10,12,14H2,1-4H3. The molecule has 0 saturated carbocycles. The second-order valence-corrected chi connectivity index (χ2v) is 11.0. The summed E-state index contributed by atoms with van der Waals surface area (Å²) >= 11 is 0. The number of carbonyl (C=O) groups is 2. The zero-order valence-electron chi connectivity index (χ0n) is 21.9. The monoisotopic (exact) mass is 542 g/mol. The van der Waals surface area contributed by atoms with Crippen molar-refractivity contribution in [3.05, 3.63) is 46.9 Å². The zero-order chi connectivity index (χ0) is 27.8. The number of hydrogen-bond acceptors (Lipinski definition) is 7. The van der Waals surface area contributed by atoms with Gasteiger partial charge in [0.15, 0.2) is 0 Å². The zero-order valence-corrected chi connectivity index (χ0v) is 21.9. The van der Waals surface area contributed by atoms with Crippen LogP contribution >= 0.6 is 0 Å². The van der Waals surface area contributed by atoms with Gasteiger partial charge in [-0.3, -0.25) is 9.69 Å². The topological polar surface area (TPSA) is 83.1 Å². The summed E-state index contributed by atoms with van der Waals surface area (Å²) in [6.07, 6.45) is -3.84. The third-order valence-electron chi connectivity index (χ3n) is 7.21. The summed E-state index contributed by atoms with van der Waals surface area (Å²) in [5, 5.41) is 0. The highest BCUT2D eigenvalue weighted by Gasteiger charge is 2.59. The lowest BCUT2D eigenvalue weighted by atomic mass is 9.70. The van der Waals surface area contributed by atoms with Crippen LogP contribution in [0.1, 0.15) is 43.6 Å². The molecule has 12 heteroatoms. The van der Waals surface area contributed by atoms with Gasteiger partial charge >= 0.3 is 12.1 Å². The first-order chi connectivity index (χ1) is 17.8. The molecule has 3 unspecified atom stereocenters. The molecular weight excluding hydrogens is 508 g/mol. The molecule has 0 aliphatic carbocycles. The molecule has 1 aromatic carbocycles. The normalized spacial score (nSPS) is 26.1. The van der Waals surface area contributed by atoms with E-state index >= 15 is 0 Å². The number of carbonyl (C=O) groups excluding carboxylic acids is 2. The van der Waals surface area contributed by atoms with Gasteiger partial charge < -0.3 is 14.4 Å². The van der Waals surface area contributed by atoms with Crippen LogP contribution in [0.2, 0.25) is 0 Å².